The third-order valence-corrected chi connectivity index (χ3v) is 4.87. The van der Waals surface area contributed by atoms with Crippen molar-refractivity contribution in [2.45, 2.75) is 4.90 Å². The molecule has 0 radical (unpaired) electrons. The van der Waals surface area contributed by atoms with Crippen LogP contribution in [0.4, 0.5) is 0 Å². The fourth-order valence-corrected chi connectivity index (χ4v) is 3.74. The van der Waals surface area contributed by atoms with Crippen molar-refractivity contribution < 1.29 is 13.2 Å². The van der Waals surface area contributed by atoms with Gasteiger partial charge in [0.05, 0.1) is 11.5 Å². The summed E-state index contributed by atoms with van der Waals surface area (Å²) in [5.41, 5.74) is 0. The van der Waals surface area contributed by atoms with Gasteiger partial charge < -0.3 is 4.74 Å². The van der Waals surface area contributed by atoms with Gasteiger partial charge in [0.15, 0.2) is 0 Å². The molecule has 0 atom stereocenters. The number of benzene rings is 1. The number of ether oxygens (including phenoxy) is 1. The SMILES string of the molecule is COCCN(CCCl)S(=O)(=O)c1cccc(Br)c1. The van der Waals surface area contributed by atoms with E-state index in [1.165, 1.54) is 11.4 Å². The van der Waals surface area contributed by atoms with Gasteiger partial charge in [0.2, 0.25) is 10.0 Å². The van der Waals surface area contributed by atoms with Gasteiger partial charge in [-0.3, -0.25) is 0 Å². The van der Waals surface area contributed by atoms with Gasteiger partial charge in [0, 0.05) is 30.6 Å². The van der Waals surface area contributed by atoms with E-state index in [1.54, 1.807) is 24.3 Å². The Morgan fingerprint density at radius 3 is 2.67 bits per heavy atom. The fourth-order valence-electron chi connectivity index (χ4n) is 1.42. The van der Waals surface area contributed by atoms with E-state index in [1.807, 2.05) is 0 Å². The molecule has 0 aliphatic heterocycles. The molecule has 0 saturated carbocycles. The maximum absolute atomic E-state index is 12.4. The maximum atomic E-state index is 12.4. The summed E-state index contributed by atoms with van der Waals surface area (Å²) in [6.45, 7) is 0.891. The Balaban J connectivity index is 3.00. The Morgan fingerprint density at radius 1 is 1.39 bits per heavy atom. The largest absolute Gasteiger partial charge is 0.383 e. The zero-order chi connectivity index (χ0) is 13.6. The molecule has 0 bridgehead atoms. The summed E-state index contributed by atoms with van der Waals surface area (Å²) < 4.78 is 31.7. The lowest BCUT2D eigenvalue weighted by atomic mass is 10.4. The molecule has 0 amide bonds. The average Bonchev–Trinajstić information content (AvgIpc) is 2.34. The number of halogens is 2. The van der Waals surface area contributed by atoms with Crippen LogP contribution in [0.3, 0.4) is 0 Å². The Bertz CT molecular complexity index is 481. The van der Waals surface area contributed by atoms with Gasteiger partial charge in [-0.05, 0) is 18.2 Å². The molecule has 0 aromatic heterocycles. The zero-order valence-electron chi connectivity index (χ0n) is 9.97. The highest BCUT2D eigenvalue weighted by Gasteiger charge is 2.23. The summed E-state index contributed by atoms with van der Waals surface area (Å²) in [5.74, 6) is 0.247. The second kappa shape index (κ2) is 7.45. The van der Waals surface area contributed by atoms with E-state index in [2.05, 4.69) is 15.9 Å². The van der Waals surface area contributed by atoms with Crippen LogP contribution in [-0.2, 0) is 14.8 Å². The highest BCUT2D eigenvalue weighted by atomic mass is 79.9. The van der Waals surface area contributed by atoms with Gasteiger partial charge in [0.25, 0.3) is 0 Å². The third-order valence-electron chi connectivity index (χ3n) is 2.31. The summed E-state index contributed by atoms with van der Waals surface area (Å²) in [7, 11) is -1.99. The summed E-state index contributed by atoms with van der Waals surface area (Å²) in [4.78, 5) is 0.248. The van der Waals surface area contributed by atoms with Crippen molar-refractivity contribution in [3.05, 3.63) is 28.7 Å². The van der Waals surface area contributed by atoms with E-state index in [0.717, 1.165) is 4.47 Å². The van der Waals surface area contributed by atoms with Crippen LogP contribution in [0.15, 0.2) is 33.6 Å². The Hall–Kier alpha value is -0.140. The molecule has 0 N–H and O–H groups in total. The van der Waals surface area contributed by atoms with Gasteiger partial charge in [0.1, 0.15) is 0 Å². The molecule has 0 fully saturated rings. The second-order valence-corrected chi connectivity index (χ2v) is 6.77. The van der Waals surface area contributed by atoms with Gasteiger partial charge in [-0.1, -0.05) is 22.0 Å². The summed E-state index contributed by atoms with van der Waals surface area (Å²) in [6.07, 6.45) is 0. The molecule has 0 unspecified atom stereocenters. The van der Waals surface area contributed by atoms with Crippen LogP contribution >= 0.6 is 27.5 Å². The minimum absolute atomic E-state index is 0.247. The van der Waals surface area contributed by atoms with Crippen LogP contribution in [-0.4, -0.2) is 45.4 Å². The molecule has 1 aromatic carbocycles. The molecule has 18 heavy (non-hydrogen) atoms. The van der Waals surface area contributed by atoms with E-state index in [-0.39, 0.29) is 23.9 Å². The number of nitrogens with zero attached hydrogens (tertiary/aromatic N) is 1. The first-order valence-electron chi connectivity index (χ1n) is 5.33. The average molecular weight is 357 g/mol. The number of sulfonamides is 1. The minimum atomic E-state index is -3.52. The van der Waals surface area contributed by atoms with Crippen LogP contribution in [0.5, 0.6) is 0 Å². The van der Waals surface area contributed by atoms with Crippen LogP contribution < -0.4 is 0 Å². The van der Waals surface area contributed by atoms with Crippen molar-refractivity contribution in [2.24, 2.45) is 0 Å². The number of methoxy groups -OCH3 is 1. The summed E-state index contributed by atoms with van der Waals surface area (Å²) >= 11 is 8.91. The first-order valence-corrected chi connectivity index (χ1v) is 8.09. The van der Waals surface area contributed by atoms with E-state index >= 15 is 0 Å². The lowest BCUT2D eigenvalue weighted by Gasteiger charge is -2.20. The van der Waals surface area contributed by atoms with Crippen LogP contribution in [0.1, 0.15) is 0 Å². The monoisotopic (exact) mass is 355 g/mol. The van der Waals surface area contributed by atoms with Crippen LogP contribution in [0.2, 0.25) is 0 Å². The minimum Gasteiger partial charge on any atom is -0.383 e. The van der Waals surface area contributed by atoms with E-state index in [4.69, 9.17) is 16.3 Å². The highest BCUT2D eigenvalue weighted by Crippen LogP contribution is 2.19. The molecule has 4 nitrogen and oxygen atoms in total. The number of rotatable bonds is 7. The molecule has 7 heteroatoms. The first kappa shape index (κ1) is 15.9. The Kier molecular flexibility index (Phi) is 6.59. The third kappa shape index (κ3) is 4.20. The van der Waals surface area contributed by atoms with Crippen molar-refractivity contribution in [2.75, 3.05) is 32.7 Å². The lowest BCUT2D eigenvalue weighted by Crippen LogP contribution is -2.35. The van der Waals surface area contributed by atoms with Crippen LogP contribution in [0.25, 0.3) is 0 Å². The normalized spacial score (nSPS) is 12.0. The second-order valence-electron chi connectivity index (χ2n) is 3.54. The Labute approximate surface area is 121 Å². The van der Waals surface area contributed by atoms with Crippen molar-refractivity contribution in [1.82, 2.24) is 4.31 Å². The van der Waals surface area contributed by atoms with Gasteiger partial charge in [-0.2, -0.15) is 4.31 Å². The standard InChI is InChI=1S/C11H15BrClNO3S/c1-17-8-7-14(6-5-13)18(15,16)11-4-2-3-10(12)9-11/h2-4,9H,5-8H2,1H3. The van der Waals surface area contributed by atoms with E-state index in [0.29, 0.717) is 6.61 Å². The molecule has 0 heterocycles. The molecule has 0 aliphatic carbocycles. The Morgan fingerprint density at radius 2 is 2.11 bits per heavy atom. The topological polar surface area (TPSA) is 46.6 Å². The predicted octanol–water partition coefficient (Wildman–Crippen LogP) is 2.33. The van der Waals surface area contributed by atoms with Crippen LogP contribution in [0, 0.1) is 0 Å². The number of hydrogen-bond donors (Lipinski definition) is 0. The lowest BCUT2D eigenvalue weighted by molar-refractivity contribution is 0.180. The quantitative estimate of drug-likeness (QED) is 0.704. The maximum Gasteiger partial charge on any atom is 0.243 e. The predicted molar refractivity (Wildman–Crippen MR) is 75.5 cm³/mol. The molecular weight excluding hydrogens is 342 g/mol. The smallest absolute Gasteiger partial charge is 0.243 e. The molecule has 1 rings (SSSR count). The van der Waals surface area contributed by atoms with Crippen molar-refractivity contribution >= 4 is 37.6 Å². The fraction of sp³-hybridized carbons (Fsp3) is 0.455. The van der Waals surface area contributed by atoms with Gasteiger partial charge >= 0.3 is 0 Å². The molecule has 102 valence electrons. The van der Waals surface area contributed by atoms with Crippen molar-refractivity contribution in [3.8, 4) is 0 Å². The number of alkyl halides is 1. The molecule has 0 aliphatic rings. The number of hydrogen-bond acceptors (Lipinski definition) is 3. The summed E-state index contributed by atoms with van der Waals surface area (Å²) in [5, 5.41) is 0. The highest BCUT2D eigenvalue weighted by molar-refractivity contribution is 9.10. The molecular formula is C11H15BrClNO3S. The first-order chi connectivity index (χ1) is 8.52. The van der Waals surface area contributed by atoms with E-state index in [9.17, 15) is 8.42 Å². The molecule has 0 saturated heterocycles. The van der Waals surface area contributed by atoms with Gasteiger partial charge in [-0.15, -0.1) is 11.6 Å². The van der Waals surface area contributed by atoms with Gasteiger partial charge in [-0.25, -0.2) is 8.42 Å². The molecule has 1 aromatic rings. The zero-order valence-corrected chi connectivity index (χ0v) is 13.1. The van der Waals surface area contributed by atoms with Crippen molar-refractivity contribution in [1.29, 1.82) is 0 Å². The molecule has 0 spiro atoms. The van der Waals surface area contributed by atoms with E-state index < -0.39 is 10.0 Å². The summed E-state index contributed by atoms with van der Waals surface area (Å²) in [6, 6.07) is 6.60. The van der Waals surface area contributed by atoms with Crippen molar-refractivity contribution in [3.63, 3.8) is 0 Å².